The van der Waals surface area contributed by atoms with Crippen LogP contribution in [0.1, 0.15) is 32.8 Å². The summed E-state index contributed by atoms with van der Waals surface area (Å²) in [6.45, 7) is 5.12. The molecule has 3 amide bonds. The van der Waals surface area contributed by atoms with E-state index < -0.39 is 39.8 Å². The molecule has 1 aliphatic heterocycles. The largest absolute Gasteiger partial charge is 0.423 e. The van der Waals surface area contributed by atoms with Gasteiger partial charge in [0.15, 0.2) is 0 Å². The van der Waals surface area contributed by atoms with Crippen LogP contribution in [0.4, 0.5) is 29.3 Å². The topological polar surface area (TPSA) is 95.8 Å². The summed E-state index contributed by atoms with van der Waals surface area (Å²) in [5.41, 5.74) is -4.28. The second-order valence-corrected chi connectivity index (χ2v) is 7.07. The van der Waals surface area contributed by atoms with Gasteiger partial charge in [0.05, 0.1) is 10.6 Å². The number of rotatable bonds is 6. The number of hydrogen-bond donors (Lipinski definition) is 1. The first-order chi connectivity index (χ1) is 12.8. The summed E-state index contributed by atoms with van der Waals surface area (Å²) in [6, 6.07) is 1.38. The van der Waals surface area contributed by atoms with E-state index in [-0.39, 0.29) is 18.3 Å². The molecule has 1 unspecified atom stereocenters. The van der Waals surface area contributed by atoms with Gasteiger partial charge < -0.3 is 10.2 Å². The molecular formula is C17H21F3N4O4. The minimum atomic E-state index is -5.01. The molecule has 0 saturated carbocycles. The van der Waals surface area contributed by atoms with E-state index in [0.717, 1.165) is 6.07 Å². The van der Waals surface area contributed by atoms with Crippen molar-refractivity contribution in [3.05, 3.63) is 33.9 Å². The third kappa shape index (κ3) is 3.79. The van der Waals surface area contributed by atoms with Crippen LogP contribution in [-0.4, -0.2) is 46.9 Å². The Labute approximate surface area is 159 Å². The van der Waals surface area contributed by atoms with Crippen LogP contribution in [0.3, 0.4) is 0 Å². The number of nitro groups is 1. The first-order valence-corrected chi connectivity index (χ1v) is 8.51. The zero-order valence-corrected chi connectivity index (χ0v) is 15.8. The van der Waals surface area contributed by atoms with Crippen LogP contribution < -0.4 is 10.2 Å². The minimum Gasteiger partial charge on any atom is -0.317 e. The molecule has 0 aromatic heterocycles. The van der Waals surface area contributed by atoms with Crippen molar-refractivity contribution in [1.29, 1.82) is 0 Å². The number of imide groups is 1. The zero-order valence-electron chi connectivity index (χ0n) is 15.8. The van der Waals surface area contributed by atoms with Gasteiger partial charge in [0.1, 0.15) is 11.1 Å². The lowest BCUT2D eigenvalue weighted by atomic mass is 10.0. The molecular weight excluding hydrogens is 381 g/mol. The van der Waals surface area contributed by atoms with Crippen LogP contribution in [0.25, 0.3) is 0 Å². The van der Waals surface area contributed by atoms with Gasteiger partial charge in [-0.15, -0.1) is 0 Å². The van der Waals surface area contributed by atoms with Crippen molar-refractivity contribution in [2.24, 2.45) is 0 Å². The van der Waals surface area contributed by atoms with Gasteiger partial charge in [-0.2, -0.15) is 13.2 Å². The first kappa shape index (κ1) is 21.6. The normalized spacial score (nSPS) is 18.0. The van der Waals surface area contributed by atoms with Crippen molar-refractivity contribution in [3.63, 3.8) is 0 Å². The van der Waals surface area contributed by atoms with E-state index in [9.17, 15) is 32.9 Å². The van der Waals surface area contributed by atoms with Crippen molar-refractivity contribution in [2.75, 3.05) is 18.5 Å². The van der Waals surface area contributed by atoms with Gasteiger partial charge in [0.2, 0.25) is 0 Å². The molecule has 1 atom stereocenters. The molecule has 0 aliphatic carbocycles. The van der Waals surface area contributed by atoms with Crippen molar-refractivity contribution in [1.82, 2.24) is 10.2 Å². The summed E-state index contributed by atoms with van der Waals surface area (Å²) in [7, 11) is 1.74. The Hall–Kier alpha value is -2.69. The molecule has 1 heterocycles. The Balaban J connectivity index is 2.46. The first-order valence-electron chi connectivity index (χ1n) is 8.51. The maximum Gasteiger partial charge on any atom is 0.423 e. The number of urea groups is 1. The highest BCUT2D eigenvalue weighted by molar-refractivity contribution is 6.23. The Bertz CT molecular complexity index is 810. The quantitative estimate of drug-likeness (QED) is 0.448. The fourth-order valence-electron chi connectivity index (χ4n) is 2.96. The maximum absolute atomic E-state index is 13.2. The molecule has 1 aromatic rings. The average molecular weight is 402 g/mol. The second-order valence-electron chi connectivity index (χ2n) is 7.07. The maximum atomic E-state index is 13.2. The summed E-state index contributed by atoms with van der Waals surface area (Å²) in [5, 5.41) is 13.9. The van der Waals surface area contributed by atoms with Crippen LogP contribution in [0.5, 0.6) is 0 Å². The van der Waals surface area contributed by atoms with Crippen LogP contribution in [0.15, 0.2) is 18.2 Å². The second kappa shape index (κ2) is 7.38. The highest BCUT2D eigenvalue weighted by atomic mass is 19.4. The van der Waals surface area contributed by atoms with Crippen molar-refractivity contribution in [2.45, 2.75) is 44.9 Å². The van der Waals surface area contributed by atoms with E-state index in [1.165, 1.54) is 18.7 Å². The monoisotopic (exact) mass is 402 g/mol. The third-order valence-corrected chi connectivity index (χ3v) is 4.84. The summed E-state index contributed by atoms with van der Waals surface area (Å²) < 4.78 is 39.7. The van der Waals surface area contributed by atoms with Gasteiger partial charge in [-0.3, -0.25) is 14.9 Å². The van der Waals surface area contributed by atoms with Crippen molar-refractivity contribution in [3.8, 4) is 0 Å². The molecule has 1 saturated heterocycles. The SMILES string of the molecule is CNC(C)CCN1C(=O)N(c2ccc([N+](=O)[O-])c(C(F)(F)F)c2)C(=O)C1(C)C. The Morgan fingerprint density at radius 1 is 1.29 bits per heavy atom. The summed E-state index contributed by atoms with van der Waals surface area (Å²) in [5.74, 6) is -0.698. The van der Waals surface area contributed by atoms with Crippen LogP contribution in [0.2, 0.25) is 0 Å². The zero-order chi connectivity index (χ0) is 21.4. The third-order valence-electron chi connectivity index (χ3n) is 4.84. The molecule has 154 valence electrons. The lowest BCUT2D eigenvalue weighted by Crippen LogP contribution is -2.45. The highest BCUT2D eigenvalue weighted by Gasteiger charge is 2.52. The van der Waals surface area contributed by atoms with E-state index >= 15 is 0 Å². The van der Waals surface area contributed by atoms with Crippen molar-refractivity contribution >= 4 is 23.3 Å². The number of anilines is 1. The van der Waals surface area contributed by atoms with E-state index in [2.05, 4.69) is 5.32 Å². The number of hydrogen-bond acceptors (Lipinski definition) is 5. The lowest BCUT2D eigenvalue weighted by molar-refractivity contribution is -0.388. The molecule has 0 bridgehead atoms. The Kier molecular flexibility index (Phi) is 5.69. The van der Waals surface area contributed by atoms with E-state index in [1.54, 1.807) is 7.05 Å². The van der Waals surface area contributed by atoms with Crippen LogP contribution in [0, 0.1) is 10.1 Å². The number of benzene rings is 1. The molecule has 1 fully saturated rings. The fraction of sp³-hybridized carbons (Fsp3) is 0.529. The van der Waals surface area contributed by atoms with Gasteiger partial charge in [-0.05, 0) is 46.4 Å². The molecule has 1 N–H and O–H groups in total. The molecule has 1 aliphatic rings. The summed E-state index contributed by atoms with van der Waals surface area (Å²) >= 11 is 0. The van der Waals surface area contributed by atoms with Gasteiger partial charge in [0.25, 0.3) is 11.6 Å². The van der Waals surface area contributed by atoms with Gasteiger partial charge in [-0.25, -0.2) is 9.69 Å². The van der Waals surface area contributed by atoms with Gasteiger partial charge in [-0.1, -0.05) is 0 Å². The number of amides is 3. The number of carbonyl (C=O) groups excluding carboxylic acids is 2. The van der Waals surface area contributed by atoms with Crippen LogP contribution in [-0.2, 0) is 11.0 Å². The number of alkyl halides is 3. The number of halogens is 3. The molecule has 2 rings (SSSR count). The lowest BCUT2D eigenvalue weighted by Gasteiger charge is -2.28. The average Bonchev–Trinajstić information content (AvgIpc) is 2.76. The van der Waals surface area contributed by atoms with Gasteiger partial charge in [0, 0.05) is 18.7 Å². The smallest absolute Gasteiger partial charge is 0.317 e. The summed E-state index contributed by atoms with van der Waals surface area (Å²) in [6.07, 6.45) is -4.48. The predicted octanol–water partition coefficient (Wildman–Crippen LogP) is 3.16. The van der Waals surface area contributed by atoms with Crippen LogP contribution >= 0.6 is 0 Å². The summed E-state index contributed by atoms with van der Waals surface area (Å²) in [4.78, 5) is 37.3. The molecule has 0 radical (unpaired) electrons. The molecule has 28 heavy (non-hydrogen) atoms. The van der Waals surface area contributed by atoms with E-state index in [0.29, 0.717) is 23.5 Å². The minimum absolute atomic E-state index is 0.0592. The number of nitro benzene ring substituents is 1. The van der Waals surface area contributed by atoms with E-state index in [1.807, 2.05) is 6.92 Å². The Morgan fingerprint density at radius 3 is 2.39 bits per heavy atom. The number of nitrogens with one attached hydrogen (secondary N) is 1. The molecule has 11 heteroatoms. The fourth-order valence-corrected chi connectivity index (χ4v) is 2.96. The number of carbonyl (C=O) groups is 2. The number of nitrogens with zero attached hydrogens (tertiary/aromatic N) is 3. The van der Waals surface area contributed by atoms with E-state index in [4.69, 9.17) is 0 Å². The van der Waals surface area contributed by atoms with Gasteiger partial charge >= 0.3 is 12.2 Å². The molecule has 1 aromatic carbocycles. The standard InChI is InChI=1S/C17H21F3N4O4/c1-10(21-4)7-8-22-15(26)23(14(25)16(22,2)3)11-5-6-13(24(27)28)12(9-11)17(18,19)20/h5-6,9-10,21H,7-8H2,1-4H3. The highest BCUT2D eigenvalue weighted by Crippen LogP contribution is 2.40. The Morgan fingerprint density at radius 2 is 1.89 bits per heavy atom. The molecule has 8 nitrogen and oxygen atoms in total. The van der Waals surface area contributed by atoms with Crippen molar-refractivity contribution < 1.29 is 27.7 Å². The predicted molar refractivity (Wildman–Crippen MR) is 94.9 cm³/mol. The molecule has 0 spiro atoms.